The number of benzene rings is 1. The summed E-state index contributed by atoms with van der Waals surface area (Å²) in [6.45, 7) is 6.86. The van der Waals surface area contributed by atoms with Gasteiger partial charge in [0, 0.05) is 29.5 Å². The summed E-state index contributed by atoms with van der Waals surface area (Å²) in [6.07, 6.45) is 4.36. The third-order valence-corrected chi connectivity index (χ3v) is 4.96. The summed E-state index contributed by atoms with van der Waals surface area (Å²) in [5.41, 5.74) is 2.89. The zero-order valence-electron chi connectivity index (χ0n) is 12.7. The Morgan fingerprint density at radius 2 is 2.24 bits per heavy atom. The van der Waals surface area contributed by atoms with Crippen LogP contribution in [0.2, 0.25) is 0 Å². The molecule has 0 spiro atoms. The van der Waals surface area contributed by atoms with Gasteiger partial charge in [0.2, 0.25) is 0 Å². The van der Waals surface area contributed by atoms with Gasteiger partial charge in [-0.25, -0.2) is 0 Å². The topological polar surface area (TPSA) is 30.5 Å². The summed E-state index contributed by atoms with van der Waals surface area (Å²) >= 11 is 3.64. The van der Waals surface area contributed by atoms with E-state index in [0.717, 1.165) is 62.4 Å². The van der Waals surface area contributed by atoms with Crippen molar-refractivity contribution in [3.05, 3.63) is 27.7 Å². The van der Waals surface area contributed by atoms with Crippen molar-refractivity contribution >= 4 is 15.9 Å². The first-order chi connectivity index (χ1) is 10.2. The van der Waals surface area contributed by atoms with E-state index in [0.29, 0.717) is 0 Å². The molecule has 0 saturated carbocycles. The molecule has 0 bridgehead atoms. The van der Waals surface area contributed by atoms with E-state index in [1.54, 1.807) is 0 Å². The lowest BCUT2D eigenvalue weighted by Gasteiger charge is -2.28. The van der Waals surface area contributed by atoms with E-state index in [4.69, 9.17) is 9.47 Å². The molecule has 1 aromatic rings. The van der Waals surface area contributed by atoms with Crippen molar-refractivity contribution < 1.29 is 9.47 Å². The van der Waals surface area contributed by atoms with Gasteiger partial charge in [0.05, 0.1) is 13.2 Å². The number of ether oxygens (including phenoxy) is 2. The largest absolute Gasteiger partial charge is 0.493 e. The van der Waals surface area contributed by atoms with Crippen LogP contribution >= 0.6 is 15.9 Å². The summed E-state index contributed by atoms with van der Waals surface area (Å²) in [5.74, 6) is 1.12. The molecule has 1 unspecified atom stereocenters. The second kappa shape index (κ2) is 6.67. The Hall–Kier alpha value is -0.580. The summed E-state index contributed by atoms with van der Waals surface area (Å²) in [5, 5.41) is 3.59. The van der Waals surface area contributed by atoms with Gasteiger partial charge in [-0.1, -0.05) is 22.9 Å². The maximum absolute atomic E-state index is 5.88. The molecule has 0 aliphatic carbocycles. The van der Waals surface area contributed by atoms with E-state index in [-0.39, 0.29) is 5.41 Å². The third-order valence-electron chi connectivity index (χ3n) is 4.50. The van der Waals surface area contributed by atoms with Gasteiger partial charge >= 0.3 is 0 Å². The fourth-order valence-corrected chi connectivity index (χ4v) is 3.96. The molecule has 21 heavy (non-hydrogen) atoms. The van der Waals surface area contributed by atoms with Gasteiger partial charge in [-0.3, -0.25) is 0 Å². The zero-order valence-corrected chi connectivity index (χ0v) is 14.3. The van der Waals surface area contributed by atoms with Crippen molar-refractivity contribution in [1.29, 1.82) is 0 Å². The quantitative estimate of drug-likeness (QED) is 0.795. The smallest absolute Gasteiger partial charge is 0.125 e. The SMILES string of the molecule is CCCNCC1(Cc2cc(Br)cc3c2OCC3)CCOC1. The number of hydrogen-bond acceptors (Lipinski definition) is 3. The average Bonchev–Trinajstić information content (AvgIpc) is 3.08. The number of nitrogens with one attached hydrogen (secondary N) is 1. The van der Waals surface area contributed by atoms with Gasteiger partial charge in [-0.15, -0.1) is 0 Å². The second-order valence-electron chi connectivity index (χ2n) is 6.31. The Balaban J connectivity index is 1.80. The van der Waals surface area contributed by atoms with Crippen LogP contribution in [0.3, 0.4) is 0 Å². The van der Waals surface area contributed by atoms with Gasteiger partial charge in [0.1, 0.15) is 5.75 Å². The first-order valence-electron chi connectivity index (χ1n) is 7.95. The standard InChI is InChI=1S/C17H24BrNO2/c1-2-5-19-11-17(4-7-20-12-17)10-14-9-15(18)8-13-3-6-21-16(13)14/h8-9,19H,2-7,10-12H2,1H3. The number of fused-ring (bicyclic) bond motifs is 1. The van der Waals surface area contributed by atoms with Gasteiger partial charge in [-0.05, 0) is 49.1 Å². The van der Waals surface area contributed by atoms with Crippen molar-refractivity contribution in [2.75, 3.05) is 32.9 Å². The molecule has 1 saturated heterocycles. The van der Waals surface area contributed by atoms with Gasteiger partial charge in [0.15, 0.2) is 0 Å². The highest BCUT2D eigenvalue weighted by Crippen LogP contribution is 2.39. The van der Waals surface area contributed by atoms with E-state index in [2.05, 4.69) is 40.3 Å². The monoisotopic (exact) mass is 353 g/mol. The molecule has 2 aliphatic heterocycles. The normalized spacial score (nSPS) is 24.1. The Bertz CT molecular complexity index is 498. The van der Waals surface area contributed by atoms with Crippen LogP contribution in [0.1, 0.15) is 30.9 Å². The van der Waals surface area contributed by atoms with Crippen molar-refractivity contribution in [1.82, 2.24) is 5.32 Å². The molecule has 1 N–H and O–H groups in total. The molecule has 1 atom stereocenters. The van der Waals surface area contributed by atoms with Crippen LogP contribution in [0.25, 0.3) is 0 Å². The summed E-state index contributed by atoms with van der Waals surface area (Å²) in [7, 11) is 0. The summed E-state index contributed by atoms with van der Waals surface area (Å²) < 4.78 is 12.8. The highest BCUT2D eigenvalue weighted by Gasteiger charge is 2.36. The molecule has 3 rings (SSSR count). The van der Waals surface area contributed by atoms with Crippen molar-refractivity contribution in [2.24, 2.45) is 5.41 Å². The van der Waals surface area contributed by atoms with Crippen LogP contribution in [0, 0.1) is 5.41 Å². The molecule has 3 nitrogen and oxygen atoms in total. The predicted molar refractivity (Wildman–Crippen MR) is 88.1 cm³/mol. The number of halogens is 1. The molecule has 1 fully saturated rings. The maximum atomic E-state index is 5.88. The fourth-order valence-electron chi connectivity index (χ4n) is 3.40. The van der Waals surface area contributed by atoms with Gasteiger partial charge in [-0.2, -0.15) is 0 Å². The van der Waals surface area contributed by atoms with Gasteiger partial charge in [0.25, 0.3) is 0 Å². The van der Waals surface area contributed by atoms with E-state index in [1.165, 1.54) is 17.5 Å². The molecular formula is C17H24BrNO2. The Labute approximate surface area is 135 Å². The zero-order chi connectivity index (χ0) is 14.7. The fraction of sp³-hybridized carbons (Fsp3) is 0.647. The van der Waals surface area contributed by atoms with Crippen LogP contribution in [-0.4, -0.2) is 32.9 Å². The lowest BCUT2D eigenvalue weighted by Crippen LogP contribution is -2.37. The van der Waals surface area contributed by atoms with Crippen LogP contribution in [0.15, 0.2) is 16.6 Å². The molecule has 1 aromatic carbocycles. The number of hydrogen-bond donors (Lipinski definition) is 1. The second-order valence-corrected chi connectivity index (χ2v) is 7.22. The molecule has 4 heteroatoms. The maximum Gasteiger partial charge on any atom is 0.125 e. The predicted octanol–water partition coefficient (Wildman–Crippen LogP) is 3.33. The molecule has 0 amide bonds. The van der Waals surface area contributed by atoms with E-state index in [1.807, 2.05) is 0 Å². The van der Waals surface area contributed by atoms with Crippen molar-refractivity contribution in [3.8, 4) is 5.75 Å². The lowest BCUT2D eigenvalue weighted by molar-refractivity contribution is 0.149. The summed E-state index contributed by atoms with van der Waals surface area (Å²) in [4.78, 5) is 0. The van der Waals surface area contributed by atoms with E-state index in [9.17, 15) is 0 Å². The van der Waals surface area contributed by atoms with Crippen LogP contribution in [0.4, 0.5) is 0 Å². The molecule has 2 heterocycles. The van der Waals surface area contributed by atoms with E-state index < -0.39 is 0 Å². The molecule has 0 radical (unpaired) electrons. The Morgan fingerprint density at radius 3 is 3.00 bits per heavy atom. The van der Waals surface area contributed by atoms with Crippen LogP contribution in [0.5, 0.6) is 5.75 Å². The van der Waals surface area contributed by atoms with E-state index >= 15 is 0 Å². The molecular weight excluding hydrogens is 330 g/mol. The highest BCUT2D eigenvalue weighted by atomic mass is 79.9. The number of rotatable bonds is 6. The average molecular weight is 354 g/mol. The van der Waals surface area contributed by atoms with Crippen LogP contribution < -0.4 is 10.1 Å². The summed E-state index contributed by atoms with van der Waals surface area (Å²) in [6, 6.07) is 4.42. The minimum absolute atomic E-state index is 0.218. The minimum atomic E-state index is 0.218. The minimum Gasteiger partial charge on any atom is -0.493 e. The Morgan fingerprint density at radius 1 is 1.33 bits per heavy atom. The molecule has 0 aromatic heterocycles. The first-order valence-corrected chi connectivity index (χ1v) is 8.74. The highest BCUT2D eigenvalue weighted by molar-refractivity contribution is 9.10. The van der Waals surface area contributed by atoms with Crippen molar-refractivity contribution in [2.45, 2.75) is 32.6 Å². The third kappa shape index (κ3) is 3.43. The van der Waals surface area contributed by atoms with Gasteiger partial charge < -0.3 is 14.8 Å². The van der Waals surface area contributed by atoms with Crippen LogP contribution in [-0.2, 0) is 17.6 Å². The van der Waals surface area contributed by atoms with Crippen molar-refractivity contribution in [3.63, 3.8) is 0 Å². The molecule has 2 aliphatic rings. The first kappa shape index (κ1) is 15.3. The molecule has 116 valence electrons. The Kier molecular flexibility index (Phi) is 4.87. The lowest BCUT2D eigenvalue weighted by atomic mass is 9.80.